The molecule has 3 aromatic rings. The Morgan fingerprint density at radius 2 is 1.70 bits per heavy atom. The predicted octanol–water partition coefficient (Wildman–Crippen LogP) is 4.25. The van der Waals surface area contributed by atoms with Gasteiger partial charge in [0.15, 0.2) is 5.13 Å². The van der Waals surface area contributed by atoms with E-state index >= 15 is 0 Å². The number of benzene rings is 2. The number of anilines is 3. The minimum absolute atomic E-state index is 0.0196. The van der Waals surface area contributed by atoms with Gasteiger partial charge in [0, 0.05) is 16.8 Å². The molecule has 3 N–H and O–H groups in total. The zero-order valence-electron chi connectivity index (χ0n) is 13.8. The lowest BCUT2D eigenvalue weighted by molar-refractivity contribution is -0.115. The van der Waals surface area contributed by atoms with E-state index < -0.39 is 17.7 Å². The number of hydrogen-bond donors (Lipinski definition) is 3. The highest BCUT2D eigenvalue weighted by molar-refractivity contribution is 7.14. The fourth-order valence-electron chi connectivity index (χ4n) is 2.17. The summed E-state index contributed by atoms with van der Waals surface area (Å²) in [5, 5.41) is 9.60. The van der Waals surface area contributed by atoms with Crippen molar-refractivity contribution in [3.63, 3.8) is 0 Å². The number of halogens is 2. The molecule has 0 radical (unpaired) electrons. The molecule has 3 rings (SSSR count). The van der Waals surface area contributed by atoms with E-state index in [2.05, 4.69) is 20.9 Å². The highest BCUT2D eigenvalue weighted by Gasteiger charge is 2.11. The lowest BCUT2D eigenvalue weighted by Gasteiger charge is -2.05. The summed E-state index contributed by atoms with van der Waals surface area (Å²) in [6.45, 7) is 0. The lowest BCUT2D eigenvalue weighted by Crippen LogP contribution is -2.19. The molecule has 138 valence electrons. The zero-order chi connectivity index (χ0) is 19.2. The maximum absolute atomic E-state index is 13.1. The highest BCUT2D eigenvalue weighted by atomic mass is 32.1. The number of nitrogens with one attached hydrogen (secondary N) is 3. The maximum Gasteiger partial charge on any atom is 0.325 e. The van der Waals surface area contributed by atoms with Crippen molar-refractivity contribution in [2.45, 2.75) is 6.42 Å². The first-order valence-corrected chi connectivity index (χ1v) is 8.69. The Balaban J connectivity index is 1.52. The van der Waals surface area contributed by atoms with E-state index in [1.54, 1.807) is 11.4 Å². The number of nitrogens with zero attached hydrogens (tertiary/aromatic N) is 1. The van der Waals surface area contributed by atoms with Crippen molar-refractivity contribution in [2.75, 3.05) is 16.0 Å². The molecule has 3 amide bonds. The van der Waals surface area contributed by atoms with Crippen molar-refractivity contribution < 1.29 is 18.4 Å². The van der Waals surface area contributed by atoms with Crippen LogP contribution in [-0.4, -0.2) is 16.9 Å². The summed E-state index contributed by atoms with van der Waals surface area (Å²) >= 11 is 1.16. The average Bonchev–Trinajstić information content (AvgIpc) is 3.03. The Morgan fingerprint density at radius 1 is 0.926 bits per heavy atom. The van der Waals surface area contributed by atoms with E-state index in [1.165, 1.54) is 42.5 Å². The van der Waals surface area contributed by atoms with Crippen LogP contribution in [0.3, 0.4) is 0 Å². The summed E-state index contributed by atoms with van der Waals surface area (Å²) in [7, 11) is 0. The second-order valence-electron chi connectivity index (χ2n) is 5.47. The first kappa shape index (κ1) is 18.5. The van der Waals surface area contributed by atoms with E-state index in [0.29, 0.717) is 22.2 Å². The Morgan fingerprint density at radius 3 is 2.44 bits per heavy atom. The summed E-state index contributed by atoms with van der Waals surface area (Å²) in [6, 6.07) is 10.4. The number of hydrogen-bond acceptors (Lipinski definition) is 4. The third kappa shape index (κ3) is 5.58. The Labute approximate surface area is 157 Å². The molecule has 2 aromatic carbocycles. The van der Waals surface area contributed by atoms with Crippen LogP contribution in [0.1, 0.15) is 5.69 Å². The van der Waals surface area contributed by atoms with Gasteiger partial charge in [-0.15, -0.1) is 11.3 Å². The molecule has 0 spiro atoms. The summed E-state index contributed by atoms with van der Waals surface area (Å²) in [6.07, 6.45) is -0.0196. The van der Waals surface area contributed by atoms with Crippen LogP contribution in [0.5, 0.6) is 0 Å². The standard InChI is InChI=1S/C18H14F2N4O2S/c19-11-4-6-13(7-5-11)22-17(26)24-18-23-15(10-27-18)9-16(25)21-14-3-1-2-12(20)8-14/h1-8,10H,9H2,(H,21,25)(H2,22,23,24,26). The minimum atomic E-state index is -0.535. The van der Waals surface area contributed by atoms with Crippen LogP contribution in [0.25, 0.3) is 0 Å². The van der Waals surface area contributed by atoms with Gasteiger partial charge in [-0.25, -0.2) is 18.6 Å². The van der Waals surface area contributed by atoms with Crippen LogP contribution >= 0.6 is 11.3 Å². The molecule has 27 heavy (non-hydrogen) atoms. The van der Waals surface area contributed by atoms with Crippen LogP contribution in [0, 0.1) is 11.6 Å². The van der Waals surface area contributed by atoms with Gasteiger partial charge < -0.3 is 10.6 Å². The molecule has 0 aliphatic carbocycles. The van der Waals surface area contributed by atoms with Gasteiger partial charge >= 0.3 is 6.03 Å². The van der Waals surface area contributed by atoms with Crippen LogP contribution < -0.4 is 16.0 Å². The first-order chi connectivity index (χ1) is 13.0. The van der Waals surface area contributed by atoms with Gasteiger partial charge in [0.25, 0.3) is 0 Å². The van der Waals surface area contributed by atoms with Crippen LogP contribution in [-0.2, 0) is 11.2 Å². The molecule has 0 unspecified atom stereocenters. The van der Waals surface area contributed by atoms with E-state index in [9.17, 15) is 18.4 Å². The predicted molar refractivity (Wildman–Crippen MR) is 99.9 cm³/mol. The topological polar surface area (TPSA) is 83.1 Å². The van der Waals surface area contributed by atoms with Gasteiger partial charge in [-0.05, 0) is 42.5 Å². The molecule has 0 saturated heterocycles. The van der Waals surface area contributed by atoms with Crippen molar-refractivity contribution >= 4 is 39.8 Å². The number of urea groups is 1. The van der Waals surface area contributed by atoms with Gasteiger partial charge in [0.1, 0.15) is 11.6 Å². The van der Waals surface area contributed by atoms with Crippen LogP contribution in [0.15, 0.2) is 53.9 Å². The molecule has 0 aliphatic rings. The molecule has 9 heteroatoms. The molecule has 6 nitrogen and oxygen atoms in total. The number of amides is 3. The van der Waals surface area contributed by atoms with Crippen molar-refractivity contribution in [3.8, 4) is 0 Å². The van der Waals surface area contributed by atoms with Crippen molar-refractivity contribution in [3.05, 3.63) is 71.2 Å². The quantitative estimate of drug-likeness (QED) is 0.611. The average molecular weight is 388 g/mol. The van der Waals surface area contributed by atoms with E-state index in [-0.39, 0.29) is 12.3 Å². The molecule has 1 aromatic heterocycles. The van der Waals surface area contributed by atoms with Crippen LogP contribution in [0.2, 0.25) is 0 Å². The Hall–Kier alpha value is -3.33. The monoisotopic (exact) mass is 388 g/mol. The smallest absolute Gasteiger partial charge is 0.325 e. The summed E-state index contributed by atoms with van der Waals surface area (Å²) < 4.78 is 26.0. The third-order valence-electron chi connectivity index (χ3n) is 3.32. The Kier molecular flexibility index (Phi) is 5.72. The van der Waals surface area contributed by atoms with E-state index in [4.69, 9.17) is 0 Å². The molecule has 0 atom stereocenters. The summed E-state index contributed by atoms with van der Waals surface area (Å²) in [4.78, 5) is 28.1. The minimum Gasteiger partial charge on any atom is -0.326 e. The second-order valence-corrected chi connectivity index (χ2v) is 6.32. The third-order valence-corrected chi connectivity index (χ3v) is 4.13. The number of thiazole rings is 1. The van der Waals surface area contributed by atoms with E-state index in [1.807, 2.05) is 0 Å². The number of carbonyl (C=O) groups excluding carboxylic acids is 2. The van der Waals surface area contributed by atoms with Crippen molar-refractivity contribution in [1.82, 2.24) is 4.98 Å². The fourth-order valence-corrected chi connectivity index (χ4v) is 2.88. The zero-order valence-corrected chi connectivity index (χ0v) is 14.6. The molecule has 0 saturated carbocycles. The molecular formula is C18H14F2N4O2S. The second kappa shape index (κ2) is 8.37. The van der Waals surface area contributed by atoms with Gasteiger partial charge in [0.05, 0.1) is 12.1 Å². The molecule has 0 fully saturated rings. The number of rotatable bonds is 5. The fraction of sp³-hybridized carbons (Fsp3) is 0.0556. The maximum atomic E-state index is 13.1. The molecule has 0 aliphatic heterocycles. The SMILES string of the molecule is O=C(Cc1csc(NC(=O)Nc2ccc(F)cc2)n1)Nc1cccc(F)c1. The van der Waals surface area contributed by atoms with Crippen molar-refractivity contribution in [1.29, 1.82) is 0 Å². The van der Waals surface area contributed by atoms with E-state index in [0.717, 1.165) is 11.3 Å². The first-order valence-electron chi connectivity index (χ1n) is 7.81. The summed E-state index contributed by atoms with van der Waals surface area (Å²) in [5.74, 6) is -1.20. The number of aromatic nitrogens is 1. The lowest BCUT2D eigenvalue weighted by atomic mass is 10.3. The van der Waals surface area contributed by atoms with Crippen molar-refractivity contribution in [2.24, 2.45) is 0 Å². The van der Waals surface area contributed by atoms with Gasteiger partial charge in [0.2, 0.25) is 5.91 Å². The summed E-state index contributed by atoms with van der Waals surface area (Å²) in [5.41, 5.74) is 1.25. The largest absolute Gasteiger partial charge is 0.326 e. The van der Waals surface area contributed by atoms with Gasteiger partial charge in [-0.3, -0.25) is 10.1 Å². The molecule has 0 bridgehead atoms. The number of carbonyl (C=O) groups is 2. The van der Waals surface area contributed by atoms with Crippen LogP contribution in [0.4, 0.5) is 30.1 Å². The van der Waals surface area contributed by atoms with Gasteiger partial charge in [-0.2, -0.15) is 0 Å². The normalized spacial score (nSPS) is 10.3. The molecule has 1 heterocycles. The van der Waals surface area contributed by atoms with Gasteiger partial charge in [-0.1, -0.05) is 6.07 Å². The highest BCUT2D eigenvalue weighted by Crippen LogP contribution is 2.17. The Bertz CT molecular complexity index is 960. The molecular weight excluding hydrogens is 374 g/mol.